The van der Waals surface area contributed by atoms with E-state index in [-0.39, 0.29) is 0 Å². The molecule has 22 heavy (non-hydrogen) atoms. The highest BCUT2D eigenvalue weighted by molar-refractivity contribution is 5.93. The molecule has 4 nitrogen and oxygen atoms in total. The third kappa shape index (κ3) is 3.27. The first-order chi connectivity index (χ1) is 10.7. The van der Waals surface area contributed by atoms with Gasteiger partial charge in [0, 0.05) is 32.1 Å². The summed E-state index contributed by atoms with van der Waals surface area (Å²) in [6, 6.07) is 0. The van der Waals surface area contributed by atoms with E-state index in [2.05, 4.69) is 52.8 Å². The number of nitrogens with zero attached hydrogens (tertiary/aromatic N) is 3. The molecule has 120 valence electrons. The highest BCUT2D eigenvalue weighted by atomic mass is 15.3. The number of hydrazone groups is 1. The van der Waals surface area contributed by atoms with Crippen LogP contribution in [0.4, 0.5) is 0 Å². The smallest absolute Gasteiger partial charge is 0.148 e. The first-order valence-electron chi connectivity index (χ1n) is 8.42. The van der Waals surface area contributed by atoms with Gasteiger partial charge in [-0.05, 0) is 49.8 Å². The van der Waals surface area contributed by atoms with Crippen LogP contribution in [0.1, 0.15) is 19.3 Å². The van der Waals surface area contributed by atoms with E-state index >= 15 is 0 Å². The van der Waals surface area contributed by atoms with Crippen molar-refractivity contribution in [1.29, 1.82) is 0 Å². The lowest BCUT2D eigenvalue weighted by molar-refractivity contribution is 0.348. The number of rotatable bonds is 3. The zero-order valence-electron chi connectivity index (χ0n) is 13.6. The first kappa shape index (κ1) is 15.3. The average Bonchev–Trinajstić information content (AvgIpc) is 3.06. The molecule has 2 aliphatic heterocycles. The quantitative estimate of drug-likeness (QED) is 0.217. The summed E-state index contributed by atoms with van der Waals surface area (Å²) < 4.78 is 0. The lowest BCUT2D eigenvalue weighted by Crippen LogP contribution is -2.32. The van der Waals surface area contributed by atoms with E-state index in [0.717, 1.165) is 36.3 Å². The highest BCUT2D eigenvalue weighted by Crippen LogP contribution is 2.30. The van der Waals surface area contributed by atoms with Crippen molar-refractivity contribution in [2.45, 2.75) is 19.3 Å². The van der Waals surface area contributed by atoms with E-state index in [9.17, 15) is 0 Å². The molecule has 3 unspecified atom stereocenters. The van der Waals surface area contributed by atoms with E-state index in [4.69, 9.17) is 5.84 Å². The summed E-state index contributed by atoms with van der Waals surface area (Å²) in [5.41, 5.74) is 1.16. The minimum Gasteiger partial charge on any atom is -0.355 e. The van der Waals surface area contributed by atoms with Crippen LogP contribution in [0.5, 0.6) is 0 Å². The minimum atomic E-state index is 0.482. The molecule has 0 spiro atoms. The monoisotopic (exact) mass is 300 g/mol. The van der Waals surface area contributed by atoms with E-state index in [0.29, 0.717) is 5.92 Å². The molecule has 3 aliphatic rings. The molecular weight excluding hydrogens is 272 g/mol. The third-order valence-electron chi connectivity index (χ3n) is 5.30. The van der Waals surface area contributed by atoms with Gasteiger partial charge in [-0.15, -0.1) is 0 Å². The molecule has 0 aromatic heterocycles. The Kier molecular flexibility index (Phi) is 4.67. The summed E-state index contributed by atoms with van der Waals surface area (Å²) in [6.45, 7) is 8.76. The van der Waals surface area contributed by atoms with E-state index in [1.807, 2.05) is 0 Å². The van der Waals surface area contributed by atoms with Gasteiger partial charge in [0.25, 0.3) is 0 Å². The second-order valence-electron chi connectivity index (χ2n) is 7.01. The molecule has 0 aromatic carbocycles. The normalized spacial score (nSPS) is 32.9. The zero-order chi connectivity index (χ0) is 15.5. The molecule has 4 heteroatoms. The molecule has 3 rings (SSSR count). The number of hydrogen-bond acceptors (Lipinski definition) is 3. The number of nitrogens with two attached hydrogens (primary N) is 1. The van der Waals surface area contributed by atoms with Crippen LogP contribution in [-0.4, -0.2) is 48.9 Å². The second kappa shape index (κ2) is 6.69. The lowest BCUT2D eigenvalue weighted by Gasteiger charge is -2.21. The van der Waals surface area contributed by atoms with Gasteiger partial charge in [-0.1, -0.05) is 24.8 Å². The summed E-state index contributed by atoms with van der Waals surface area (Å²) in [4.78, 5) is 4.77. The van der Waals surface area contributed by atoms with Gasteiger partial charge in [0.2, 0.25) is 0 Å². The van der Waals surface area contributed by atoms with Gasteiger partial charge in [0.15, 0.2) is 0 Å². The summed E-state index contributed by atoms with van der Waals surface area (Å²) in [5.74, 6) is 8.55. The Balaban J connectivity index is 1.59. The van der Waals surface area contributed by atoms with Crippen molar-refractivity contribution in [3.63, 3.8) is 0 Å². The largest absolute Gasteiger partial charge is 0.355 e. The Morgan fingerprint density at radius 1 is 1.23 bits per heavy atom. The van der Waals surface area contributed by atoms with Crippen molar-refractivity contribution < 1.29 is 0 Å². The van der Waals surface area contributed by atoms with Gasteiger partial charge in [0.1, 0.15) is 5.84 Å². The van der Waals surface area contributed by atoms with Gasteiger partial charge in [-0.2, -0.15) is 5.10 Å². The maximum absolute atomic E-state index is 5.64. The molecule has 2 saturated heterocycles. The molecular formula is C18H28N4. The molecule has 1 aliphatic carbocycles. The minimum absolute atomic E-state index is 0.482. The SMILES string of the molecule is C=C(/C=C\C(=N/N)N1CC2CN(C)CC2C1)C1C=CCCC1. The predicted octanol–water partition coefficient (Wildman–Crippen LogP) is 2.22. The third-order valence-corrected chi connectivity index (χ3v) is 5.30. The second-order valence-corrected chi connectivity index (χ2v) is 7.01. The number of allylic oxidation sites excluding steroid dienone is 4. The Hall–Kier alpha value is -1.55. The van der Waals surface area contributed by atoms with Crippen LogP contribution in [0.3, 0.4) is 0 Å². The maximum atomic E-state index is 5.64. The van der Waals surface area contributed by atoms with Crippen molar-refractivity contribution in [3.05, 3.63) is 36.5 Å². The van der Waals surface area contributed by atoms with Gasteiger partial charge < -0.3 is 15.6 Å². The van der Waals surface area contributed by atoms with Crippen molar-refractivity contribution >= 4 is 5.84 Å². The molecule has 0 bridgehead atoms. The van der Waals surface area contributed by atoms with E-state index < -0.39 is 0 Å². The Morgan fingerprint density at radius 3 is 2.55 bits per heavy atom. The zero-order valence-corrected chi connectivity index (χ0v) is 13.6. The van der Waals surface area contributed by atoms with Crippen molar-refractivity contribution in [3.8, 4) is 0 Å². The highest BCUT2D eigenvalue weighted by Gasteiger charge is 2.39. The summed E-state index contributed by atoms with van der Waals surface area (Å²) in [6.07, 6.45) is 12.4. The number of likely N-dealkylation sites (tertiary alicyclic amines) is 2. The van der Waals surface area contributed by atoms with Crippen LogP contribution in [0, 0.1) is 17.8 Å². The summed E-state index contributed by atoms with van der Waals surface area (Å²) >= 11 is 0. The molecule has 0 radical (unpaired) electrons. The Labute approximate surface area is 134 Å². The van der Waals surface area contributed by atoms with Crippen LogP contribution in [0.25, 0.3) is 0 Å². The number of fused-ring (bicyclic) bond motifs is 1. The van der Waals surface area contributed by atoms with Crippen molar-refractivity contribution in [1.82, 2.24) is 9.80 Å². The fraction of sp³-hybridized carbons (Fsp3) is 0.611. The van der Waals surface area contributed by atoms with Crippen molar-refractivity contribution in [2.75, 3.05) is 33.2 Å². The van der Waals surface area contributed by atoms with Crippen molar-refractivity contribution in [2.24, 2.45) is 28.7 Å². The average molecular weight is 300 g/mol. The number of amidine groups is 1. The fourth-order valence-electron chi connectivity index (χ4n) is 4.07. The van der Waals surface area contributed by atoms with E-state index in [1.165, 1.54) is 32.4 Å². The Bertz CT molecular complexity index is 491. The summed E-state index contributed by atoms with van der Waals surface area (Å²) in [7, 11) is 2.21. The molecule has 2 fully saturated rings. The Morgan fingerprint density at radius 2 is 1.95 bits per heavy atom. The molecule has 0 saturated carbocycles. The van der Waals surface area contributed by atoms with Gasteiger partial charge in [-0.25, -0.2) is 0 Å². The molecule has 3 atom stereocenters. The lowest BCUT2D eigenvalue weighted by atomic mass is 9.89. The van der Waals surface area contributed by atoms with Crippen LogP contribution in [-0.2, 0) is 0 Å². The van der Waals surface area contributed by atoms with Crippen LogP contribution < -0.4 is 5.84 Å². The topological polar surface area (TPSA) is 44.9 Å². The molecule has 0 amide bonds. The van der Waals surface area contributed by atoms with Crippen LogP contribution >= 0.6 is 0 Å². The van der Waals surface area contributed by atoms with Crippen LogP contribution in [0.15, 0.2) is 41.6 Å². The standard InChI is InChI=1S/C18H28N4/c1-14(15-6-4-3-5-7-15)8-9-18(20-19)22-12-16-10-21(2)11-17(16)13-22/h4,6,8-9,15-17H,1,3,5,7,10-13,19H2,2H3/b9-8-,20-18+. The fourth-order valence-corrected chi connectivity index (χ4v) is 4.07. The maximum Gasteiger partial charge on any atom is 0.148 e. The summed E-state index contributed by atoms with van der Waals surface area (Å²) in [5, 5.41) is 4.02. The first-order valence-corrected chi connectivity index (χ1v) is 8.42. The predicted molar refractivity (Wildman–Crippen MR) is 92.4 cm³/mol. The molecule has 2 heterocycles. The van der Waals surface area contributed by atoms with Crippen LogP contribution in [0.2, 0.25) is 0 Å². The van der Waals surface area contributed by atoms with Gasteiger partial charge in [-0.3, -0.25) is 0 Å². The van der Waals surface area contributed by atoms with Gasteiger partial charge in [0.05, 0.1) is 0 Å². The van der Waals surface area contributed by atoms with E-state index in [1.54, 1.807) is 0 Å². The number of hydrogen-bond donors (Lipinski definition) is 1. The van der Waals surface area contributed by atoms with Gasteiger partial charge >= 0.3 is 0 Å². The molecule has 0 aromatic rings. The molecule has 2 N–H and O–H groups in total.